The van der Waals surface area contributed by atoms with Gasteiger partial charge in [0.05, 0.1) is 0 Å². The topological polar surface area (TPSA) is 166 Å². The van der Waals surface area contributed by atoms with Crippen LogP contribution in [0.4, 0.5) is 9.59 Å². The monoisotopic (exact) mass is 764 g/mol. The zero-order valence-corrected chi connectivity index (χ0v) is 31.1. The van der Waals surface area contributed by atoms with Gasteiger partial charge in [-0.15, -0.1) is 0 Å². The van der Waals surface area contributed by atoms with Crippen molar-refractivity contribution >= 4 is 59.7 Å². The summed E-state index contributed by atoms with van der Waals surface area (Å²) < 4.78 is 11.4. The van der Waals surface area contributed by atoms with Crippen molar-refractivity contribution in [3.8, 4) is 0 Å². The van der Waals surface area contributed by atoms with Crippen LogP contribution in [0.1, 0.15) is 22.3 Å². The van der Waals surface area contributed by atoms with E-state index in [1.165, 1.54) is 33.3 Å². The van der Waals surface area contributed by atoms with Gasteiger partial charge in [-0.25, -0.2) is 9.59 Å². The molecule has 54 heavy (non-hydrogen) atoms. The molecule has 0 saturated heterocycles. The molecule has 4 aromatic rings. The van der Waals surface area contributed by atoms with Crippen LogP contribution in [0.15, 0.2) is 121 Å². The number of rotatable bonds is 21. The van der Waals surface area contributed by atoms with Crippen molar-refractivity contribution in [1.82, 2.24) is 9.80 Å². The third kappa shape index (κ3) is 13.6. The number of thioether (sulfide) groups is 2. The first-order chi connectivity index (χ1) is 26.4. The molecule has 278 valence electrons. The molecule has 0 aromatic heterocycles. The van der Waals surface area contributed by atoms with Crippen LogP contribution < -0.4 is 0 Å². The number of ketones is 2. The second kappa shape index (κ2) is 23.0. The van der Waals surface area contributed by atoms with Crippen molar-refractivity contribution in [2.45, 2.75) is 36.8 Å². The van der Waals surface area contributed by atoms with Crippen molar-refractivity contribution < 1.29 is 38.2 Å². The smallest absolute Gasteiger partial charge is 0.410 e. The summed E-state index contributed by atoms with van der Waals surface area (Å²) in [5.74, 6) is -0.142. The van der Waals surface area contributed by atoms with Gasteiger partial charge in [0.2, 0.25) is 0 Å². The van der Waals surface area contributed by atoms with Crippen LogP contribution in [0, 0.1) is 0 Å². The Hall–Kier alpha value is -5.78. The molecule has 0 unspecified atom stereocenters. The molecule has 0 aliphatic rings. The minimum Gasteiger partial charge on any atom is -0.445 e. The number of hydrogen-bond donors (Lipinski definition) is 0. The average Bonchev–Trinajstić information content (AvgIpc) is 3.20. The number of benzene rings is 4. The fourth-order valence-electron chi connectivity index (χ4n) is 5.23. The lowest BCUT2D eigenvalue weighted by atomic mass is 10.1. The first-order valence-corrected chi connectivity index (χ1v) is 19.3. The van der Waals surface area contributed by atoms with E-state index in [0.29, 0.717) is 22.6 Å². The van der Waals surface area contributed by atoms with Gasteiger partial charge in [-0.05, 0) is 22.3 Å². The third-order valence-electron chi connectivity index (χ3n) is 8.01. The van der Waals surface area contributed by atoms with Gasteiger partial charge in [0.1, 0.15) is 25.3 Å². The van der Waals surface area contributed by atoms with Crippen molar-refractivity contribution in [3.63, 3.8) is 0 Å². The number of ether oxygens (including phenoxy) is 2. The lowest BCUT2D eigenvalue weighted by Gasteiger charge is -2.33. The summed E-state index contributed by atoms with van der Waals surface area (Å²) in [6, 6.07) is 34.7. The van der Waals surface area contributed by atoms with Crippen LogP contribution in [0.25, 0.3) is 11.1 Å². The number of carbonyl (C=O) groups is 4. The molecule has 0 radical (unpaired) electrons. The molecule has 0 heterocycles. The van der Waals surface area contributed by atoms with Gasteiger partial charge in [-0.1, -0.05) is 121 Å². The summed E-state index contributed by atoms with van der Waals surface area (Å²) in [4.78, 5) is 62.9. The van der Waals surface area contributed by atoms with Gasteiger partial charge in [0.25, 0.3) is 11.6 Å². The maximum absolute atomic E-state index is 13.9. The second-order valence-corrected chi connectivity index (χ2v) is 13.9. The zero-order valence-electron chi connectivity index (χ0n) is 29.5. The lowest BCUT2D eigenvalue weighted by Crippen LogP contribution is -2.54. The van der Waals surface area contributed by atoms with Gasteiger partial charge in [0, 0.05) is 36.1 Å². The van der Waals surface area contributed by atoms with E-state index < -0.39 is 35.8 Å². The molecule has 14 heteroatoms. The Labute approximate surface area is 322 Å². The molecule has 2 atom stereocenters. The van der Waals surface area contributed by atoms with Crippen molar-refractivity contribution in [2.75, 3.05) is 24.6 Å². The van der Waals surface area contributed by atoms with Gasteiger partial charge >= 0.3 is 24.6 Å². The molecule has 2 amide bonds. The molecule has 0 fully saturated rings. The van der Waals surface area contributed by atoms with Crippen molar-refractivity contribution in [1.29, 1.82) is 0 Å². The number of amides is 2. The van der Waals surface area contributed by atoms with E-state index in [-0.39, 0.29) is 37.8 Å². The van der Waals surface area contributed by atoms with Gasteiger partial charge in [-0.2, -0.15) is 33.1 Å². The van der Waals surface area contributed by atoms with Crippen molar-refractivity contribution in [2.24, 2.45) is 0 Å². The highest BCUT2D eigenvalue weighted by Crippen LogP contribution is 2.20. The van der Waals surface area contributed by atoms with Crippen LogP contribution in [0.3, 0.4) is 0 Å². The molecule has 0 spiro atoms. The number of hydrogen-bond acceptors (Lipinski definition) is 8. The Bertz CT molecular complexity index is 1750. The maximum atomic E-state index is 13.9. The van der Waals surface area contributed by atoms with Gasteiger partial charge in [0.15, 0.2) is 0 Å². The van der Waals surface area contributed by atoms with Gasteiger partial charge in [-0.3, -0.25) is 19.4 Å². The number of carbonyl (C=O) groups excluding carboxylic acids is 4. The Morgan fingerprint density at radius 1 is 0.537 bits per heavy atom. The Morgan fingerprint density at radius 3 is 1.17 bits per heavy atom. The van der Waals surface area contributed by atoms with Crippen LogP contribution >= 0.6 is 23.5 Å². The Balaban J connectivity index is 1.64. The fourth-order valence-corrected chi connectivity index (χ4v) is 7.46. The molecule has 0 saturated carbocycles. The first kappa shape index (κ1) is 41.0. The molecule has 0 bridgehead atoms. The zero-order chi connectivity index (χ0) is 38.4. The summed E-state index contributed by atoms with van der Waals surface area (Å²) in [7, 11) is 0. The van der Waals surface area contributed by atoms with Crippen LogP contribution in [0.5, 0.6) is 0 Å². The normalized spacial score (nSPS) is 11.5. The largest absolute Gasteiger partial charge is 0.445 e. The lowest BCUT2D eigenvalue weighted by molar-refractivity contribution is -0.121. The molecule has 4 aromatic carbocycles. The Kier molecular flexibility index (Phi) is 17.5. The second-order valence-electron chi connectivity index (χ2n) is 11.8. The van der Waals surface area contributed by atoms with E-state index in [4.69, 9.17) is 9.47 Å². The van der Waals surface area contributed by atoms with Gasteiger partial charge < -0.3 is 20.5 Å². The van der Waals surface area contributed by atoms with E-state index >= 15 is 0 Å². The number of Topliss-reactive ketones (excluding diaryl/α,β-unsaturated/α-hetero) is 2. The van der Waals surface area contributed by atoms with E-state index in [1.807, 2.05) is 72.8 Å². The SMILES string of the molecule is [N-]=[N+]=CC(=O)[C@@H](CSCc1ccccc1)N(CCN(C(=O)OCc1ccccc1)[C@H](CSCc1ccccc1)C(=O)C=[N+]=[N-])C(=O)OCc1ccccc1. The fraction of sp³-hybridized carbons (Fsp3) is 0.250. The standard InChI is InChI=1S/C40H40N6O6S2/c41-43-23-37(47)35(29-53-27-33-17-9-3-10-18-33)45(39(49)51-25-31-13-5-1-6-14-31)21-22-46(40(50)52-26-32-15-7-2-8-16-32)36(38(48)24-44-42)30-54-28-34-19-11-4-12-20-34/h1-20,23-24,35-36H,21-22,25-30H2/t35-,36-/m1/s1. The highest BCUT2D eigenvalue weighted by Gasteiger charge is 2.36. The van der Waals surface area contributed by atoms with E-state index in [1.54, 1.807) is 48.5 Å². The van der Waals surface area contributed by atoms with E-state index in [9.17, 15) is 30.2 Å². The summed E-state index contributed by atoms with van der Waals surface area (Å²) in [6.45, 7) is -0.761. The molecular weight excluding hydrogens is 725 g/mol. The first-order valence-electron chi connectivity index (χ1n) is 17.0. The molecule has 12 nitrogen and oxygen atoms in total. The predicted octanol–water partition coefficient (Wildman–Crippen LogP) is 6.61. The molecule has 0 aliphatic heterocycles. The quantitative estimate of drug-likeness (QED) is 0.0520. The van der Waals surface area contributed by atoms with Crippen LogP contribution in [-0.2, 0) is 43.8 Å². The maximum Gasteiger partial charge on any atom is 0.410 e. The van der Waals surface area contributed by atoms with Crippen LogP contribution in [0.2, 0.25) is 0 Å². The highest BCUT2D eigenvalue weighted by molar-refractivity contribution is 7.98. The summed E-state index contributed by atoms with van der Waals surface area (Å²) >= 11 is 2.76. The summed E-state index contributed by atoms with van der Waals surface area (Å²) in [5.41, 5.74) is 22.0. The highest BCUT2D eigenvalue weighted by atomic mass is 32.2. The minimum atomic E-state index is -1.18. The molecular formula is C40H40N6O6S2. The number of nitrogens with zero attached hydrogens (tertiary/aromatic N) is 6. The van der Waals surface area contributed by atoms with Crippen LogP contribution in [-0.4, -0.2) is 92.2 Å². The Morgan fingerprint density at radius 2 is 0.852 bits per heavy atom. The third-order valence-corrected chi connectivity index (χ3v) is 10.2. The minimum absolute atomic E-state index is 0.0884. The van der Waals surface area contributed by atoms with E-state index in [2.05, 4.69) is 9.58 Å². The molecule has 0 N–H and O–H groups in total. The predicted molar refractivity (Wildman–Crippen MR) is 209 cm³/mol. The molecule has 0 aliphatic carbocycles. The van der Waals surface area contributed by atoms with Crippen molar-refractivity contribution in [3.05, 3.63) is 155 Å². The summed E-state index contributed by atoms with van der Waals surface area (Å²) in [6.07, 6.45) is -0.276. The average molecular weight is 765 g/mol. The van der Waals surface area contributed by atoms with E-state index in [0.717, 1.165) is 23.6 Å². The molecule has 4 rings (SSSR count). The summed E-state index contributed by atoms with van der Waals surface area (Å²) in [5, 5.41) is 0.